The minimum Gasteiger partial charge on any atom is -0.372 e. The van der Waals surface area contributed by atoms with E-state index in [0.29, 0.717) is 16.2 Å². The third-order valence-corrected chi connectivity index (χ3v) is 4.97. The van der Waals surface area contributed by atoms with Crippen molar-refractivity contribution in [3.05, 3.63) is 64.7 Å². The van der Waals surface area contributed by atoms with Crippen LogP contribution in [0.2, 0.25) is 0 Å². The highest BCUT2D eigenvalue weighted by Crippen LogP contribution is 2.21. The van der Waals surface area contributed by atoms with Crippen LogP contribution in [0, 0.1) is 10.6 Å². The maximum Gasteiger partial charge on any atom is 0.216 e. The Bertz CT molecular complexity index is 1000. The first kappa shape index (κ1) is 17.6. The van der Waals surface area contributed by atoms with E-state index in [-0.39, 0.29) is 5.82 Å². The molecule has 0 aliphatic carbocycles. The van der Waals surface area contributed by atoms with Gasteiger partial charge in [-0.2, -0.15) is 14.9 Å². The molecule has 5 nitrogen and oxygen atoms in total. The molecule has 2 heterocycles. The third-order valence-electron chi connectivity index (χ3n) is 4.70. The summed E-state index contributed by atoms with van der Waals surface area (Å²) in [5.41, 5.74) is 2.53. The molecule has 0 spiro atoms. The molecule has 7 heteroatoms. The Balaban J connectivity index is 1.58. The summed E-state index contributed by atoms with van der Waals surface area (Å²) in [7, 11) is 0. The molecule has 1 aliphatic heterocycles. The smallest absolute Gasteiger partial charge is 0.216 e. The molecule has 0 saturated carbocycles. The van der Waals surface area contributed by atoms with Gasteiger partial charge in [-0.25, -0.2) is 9.49 Å². The highest BCUT2D eigenvalue weighted by atomic mass is 32.1. The molecule has 1 aliphatic rings. The number of nitrogens with zero attached hydrogens (tertiary/aromatic N) is 4. The van der Waals surface area contributed by atoms with Gasteiger partial charge in [0.15, 0.2) is 5.82 Å². The second kappa shape index (κ2) is 7.84. The quantitative estimate of drug-likeness (QED) is 0.530. The summed E-state index contributed by atoms with van der Waals surface area (Å²) in [6.07, 6.45) is 5.52. The highest BCUT2D eigenvalue weighted by Gasteiger charge is 2.12. The maximum atomic E-state index is 14.1. The van der Waals surface area contributed by atoms with Gasteiger partial charge in [-0.05, 0) is 61.3 Å². The van der Waals surface area contributed by atoms with Gasteiger partial charge in [-0.3, -0.25) is 0 Å². The van der Waals surface area contributed by atoms with Crippen LogP contribution in [0.3, 0.4) is 0 Å². The number of hydrogen-bond acceptors (Lipinski definition) is 4. The van der Waals surface area contributed by atoms with Gasteiger partial charge >= 0.3 is 0 Å². The Morgan fingerprint density at radius 1 is 1.04 bits per heavy atom. The number of aromatic amines is 1. The maximum absolute atomic E-state index is 14.1. The topological polar surface area (TPSA) is 49.2 Å². The van der Waals surface area contributed by atoms with E-state index < -0.39 is 0 Å². The number of benzene rings is 2. The van der Waals surface area contributed by atoms with Crippen LogP contribution in [0.15, 0.2) is 53.6 Å². The van der Waals surface area contributed by atoms with Gasteiger partial charge in [0.2, 0.25) is 4.77 Å². The first-order valence-electron chi connectivity index (χ1n) is 9.04. The zero-order valence-electron chi connectivity index (χ0n) is 14.8. The van der Waals surface area contributed by atoms with E-state index in [1.54, 1.807) is 24.4 Å². The number of H-pyrrole nitrogens is 1. The van der Waals surface area contributed by atoms with Crippen LogP contribution in [0.4, 0.5) is 10.1 Å². The predicted molar refractivity (Wildman–Crippen MR) is 108 cm³/mol. The SMILES string of the molecule is Fc1ccccc1-c1n[nH]c(=S)n1/N=C\c1ccc(N2CCCCC2)cc1. The van der Waals surface area contributed by atoms with Crippen molar-refractivity contribution in [3.8, 4) is 11.4 Å². The molecular formula is C20H20FN5S. The molecule has 1 aromatic heterocycles. The Hall–Kier alpha value is -2.80. The van der Waals surface area contributed by atoms with Gasteiger partial charge in [-0.15, -0.1) is 0 Å². The average Bonchev–Trinajstić information content (AvgIpc) is 3.08. The third kappa shape index (κ3) is 3.83. The lowest BCUT2D eigenvalue weighted by Crippen LogP contribution is -2.29. The number of nitrogens with one attached hydrogen (secondary N) is 1. The molecule has 3 aromatic rings. The lowest BCUT2D eigenvalue weighted by atomic mass is 10.1. The van der Waals surface area contributed by atoms with E-state index in [1.165, 1.54) is 35.7 Å². The molecule has 0 atom stereocenters. The van der Waals surface area contributed by atoms with Gasteiger partial charge in [-0.1, -0.05) is 24.3 Å². The van der Waals surface area contributed by atoms with Crippen LogP contribution < -0.4 is 4.90 Å². The van der Waals surface area contributed by atoms with Crippen molar-refractivity contribution in [3.63, 3.8) is 0 Å². The van der Waals surface area contributed by atoms with Crippen molar-refractivity contribution >= 4 is 24.1 Å². The zero-order valence-corrected chi connectivity index (χ0v) is 15.6. The van der Waals surface area contributed by atoms with E-state index in [2.05, 4.69) is 32.3 Å². The number of halogens is 1. The molecule has 0 bridgehead atoms. The fourth-order valence-electron chi connectivity index (χ4n) is 3.26. The van der Waals surface area contributed by atoms with Crippen molar-refractivity contribution < 1.29 is 4.39 Å². The van der Waals surface area contributed by atoms with Crippen LogP contribution in [0.25, 0.3) is 11.4 Å². The Kier molecular flexibility index (Phi) is 5.11. The summed E-state index contributed by atoms with van der Waals surface area (Å²) in [6.45, 7) is 2.23. The van der Waals surface area contributed by atoms with E-state index in [4.69, 9.17) is 12.2 Å². The molecule has 138 valence electrons. The minimum absolute atomic E-state index is 0.314. The van der Waals surface area contributed by atoms with E-state index in [9.17, 15) is 4.39 Å². The number of piperidine rings is 1. The fourth-order valence-corrected chi connectivity index (χ4v) is 3.44. The largest absolute Gasteiger partial charge is 0.372 e. The number of anilines is 1. The molecule has 1 saturated heterocycles. The standard InChI is InChI=1S/C20H20FN5S/c21-18-7-3-2-6-17(18)19-23-24-20(27)26(19)22-14-15-8-10-16(11-9-15)25-12-4-1-5-13-25/h2-3,6-11,14H,1,4-5,12-13H2,(H,24,27)/b22-14-. The normalized spacial score (nSPS) is 14.8. The molecule has 27 heavy (non-hydrogen) atoms. The second-order valence-electron chi connectivity index (χ2n) is 6.53. The Labute approximate surface area is 162 Å². The number of rotatable bonds is 4. The number of aromatic nitrogens is 3. The van der Waals surface area contributed by atoms with Gasteiger partial charge in [0.1, 0.15) is 5.82 Å². The molecule has 0 unspecified atom stereocenters. The average molecular weight is 381 g/mol. The summed E-state index contributed by atoms with van der Waals surface area (Å²) in [4.78, 5) is 2.41. The van der Waals surface area contributed by atoms with Crippen LogP contribution in [-0.4, -0.2) is 34.2 Å². The first-order valence-corrected chi connectivity index (χ1v) is 9.45. The molecule has 2 aromatic carbocycles. The lowest BCUT2D eigenvalue weighted by molar-refractivity contribution is 0.578. The molecule has 1 N–H and O–H groups in total. The first-order chi connectivity index (χ1) is 13.2. The second-order valence-corrected chi connectivity index (χ2v) is 6.91. The van der Waals surface area contributed by atoms with Crippen molar-refractivity contribution in [2.45, 2.75) is 19.3 Å². The summed E-state index contributed by atoms with van der Waals surface area (Å²) in [5.74, 6) is -0.0203. The van der Waals surface area contributed by atoms with E-state index in [1.807, 2.05) is 12.1 Å². The van der Waals surface area contributed by atoms with Crippen molar-refractivity contribution in [1.29, 1.82) is 0 Å². The summed E-state index contributed by atoms with van der Waals surface area (Å²) in [6, 6.07) is 14.7. The van der Waals surface area contributed by atoms with Crippen LogP contribution >= 0.6 is 12.2 Å². The van der Waals surface area contributed by atoms with Gasteiger partial charge in [0.25, 0.3) is 0 Å². The highest BCUT2D eigenvalue weighted by molar-refractivity contribution is 7.71. The van der Waals surface area contributed by atoms with Crippen molar-refractivity contribution in [1.82, 2.24) is 14.9 Å². The van der Waals surface area contributed by atoms with Gasteiger partial charge in [0, 0.05) is 18.8 Å². The van der Waals surface area contributed by atoms with Gasteiger partial charge in [0.05, 0.1) is 11.8 Å². The molecule has 4 rings (SSSR count). The molecule has 0 radical (unpaired) electrons. The van der Waals surface area contributed by atoms with E-state index >= 15 is 0 Å². The summed E-state index contributed by atoms with van der Waals surface area (Å²) in [5, 5.41) is 11.2. The van der Waals surface area contributed by atoms with Crippen molar-refractivity contribution in [2.75, 3.05) is 18.0 Å². The minimum atomic E-state index is -0.367. The Morgan fingerprint density at radius 2 is 1.78 bits per heavy atom. The van der Waals surface area contributed by atoms with Crippen LogP contribution in [0.5, 0.6) is 0 Å². The van der Waals surface area contributed by atoms with E-state index in [0.717, 1.165) is 18.7 Å². The summed E-state index contributed by atoms with van der Waals surface area (Å²) < 4.78 is 15.8. The van der Waals surface area contributed by atoms with Crippen molar-refractivity contribution in [2.24, 2.45) is 5.10 Å². The molecule has 1 fully saturated rings. The van der Waals surface area contributed by atoms with Crippen LogP contribution in [0.1, 0.15) is 24.8 Å². The lowest BCUT2D eigenvalue weighted by Gasteiger charge is -2.28. The summed E-state index contributed by atoms with van der Waals surface area (Å²) >= 11 is 5.24. The molecule has 0 amide bonds. The monoisotopic (exact) mass is 381 g/mol. The Morgan fingerprint density at radius 3 is 2.52 bits per heavy atom. The van der Waals surface area contributed by atoms with Gasteiger partial charge < -0.3 is 4.90 Å². The number of hydrogen-bond donors (Lipinski definition) is 1. The molecular weight excluding hydrogens is 361 g/mol. The zero-order chi connectivity index (χ0) is 18.6. The van der Waals surface area contributed by atoms with Crippen LogP contribution in [-0.2, 0) is 0 Å². The fraction of sp³-hybridized carbons (Fsp3) is 0.250. The predicted octanol–water partition coefficient (Wildman–Crippen LogP) is 4.62.